The summed E-state index contributed by atoms with van der Waals surface area (Å²) in [5, 5.41) is 0. The van der Waals surface area contributed by atoms with Gasteiger partial charge in [-0.3, -0.25) is 19.9 Å². The number of hydrogen-bond donors (Lipinski definition) is 0. The molecule has 0 unspecified atom stereocenters. The molecule has 0 radical (unpaired) electrons. The van der Waals surface area contributed by atoms with Crippen LogP contribution in [0.2, 0.25) is 0 Å². The van der Waals surface area contributed by atoms with Crippen molar-refractivity contribution in [1.29, 1.82) is 0 Å². The van der Waals surface area contributed by atoms with Gasteiger partial charge in [0.2, 0.25) is 0 Å². The summed E-state index contributed by atoms with van der Waals surface area (Å²) in [7, 11) is 4.41. The second kappa shape index (κ2) is 35.5. The van der Waals surface area contributed by atoms with Gasteiger partial charge in [0.25, 0.3) is 0 Å². The molecule has 0 N–H and O–H groups in total. The van der Waals surface area contributed by atoms with Crippen molar-refractivity contribution in [2.24, 2.45) is 0 Å². The number of aryl methyl sites for hydroxylation is 2. The maximum atomic E-state index is 4.97. The Morgan fingerprint density at radius 1 is 0.267 bits per heavy atom. The first kappa shape index (κ1) is 75.1. The number of benzene rings is 6. The second-order valence-electron chi connectivity index (χ2n) is 29.3. The molecule has 6 aromatic heterocycles. The molecule has 6 aromatic carbocycles. The van der Waals surface area contributed by atoms with Crippen LogP contribution in [0, 0.1) is 13.8 Å². The van der Waals surface area contributed by atoms with Gasteiger partial charge in [-0.2, -0.15) is 0 Å². The van der Waals surface area contributed by atoms with E-state index in [1.807, 2.05) is 97.6 Å². The summed E-state index contributed by atoms with van der Waals surface area (Å²) in [6, 6.07) is 79.1. The molecule has 0 saturated heterocycles. The fourth-order valence-electron chi connectivity index (χ4n) is 16.4. The minimum absolute atomic E-state index is 0. The van der Waals surface area contributed by atoms with Gasteiger partial charge in [0.05, 0.1) is 45.6 Å². The largest absolute Gasteiger partial charge is 0.345 e. The van der Waals surface area contributed by atoms with Crippen molar-refractivity contribution in [3.8, 4) is 90.1 Å². The molecule has 105 heavy (non-hydrogen) atoms. The summed E-state index contributed by atoms with van der Waals surface area (Å²) in [5.74, 6) is 0. The normalized spacial score (nSPS) is 12.6. The molecule has 14 rings (SSSR count). The number of pyridine rings is 6. The summed E-state index contributed by atoms with van der Waals surface area (Å²) in [5.41, 5.74) is 30.8. The van der Waals surface area contributed by atoms with E-state index in [2.05, 4.69) is 231 Å². The van der Waals surface area contributed by atoms with Crippen LogP contribution < -0.4 is 9.80 Å². The van der Waals surface area contributed by atoms with Crippen LogP contribution in [0.3, 0.4) is 0 Å². The van der Waals surface area contributed by atoms with Crippen LogP contribution >= 0.6 is 0 Å². The van der Waals surface area contributed by atoms with Crippen molar-refractivity contribution < 1.29 is 19.5 Å². The van der Waals surface area contributed by atoms with E-state index in [1.165, 1.54) is 184 Å². The van der Waals surface area contributed by atoms with Crippen molar-refractivity contribution in [1.82, 2.24) is 29.9 Å². The average molecular weight is 1440 g/mol. The van der Waals surface area contributed by atoms with Crippen molar-refractivity contribution in [3.63, 3.8) is 0 Å². The summed E-state index contributed by atoms with van der Waals surface area (Å²) in [6.45, 7) is 13.8. The third-order valence-electron chi connectivity index (χ3n) is 22.1. The standard InChI is InChI=1S/2C48H52N4.Zn/c2*1-5-7-9-13-27-48(28-14-10-8-6-2)42-31-35(3)19-25-40(42)41-26-24-39(34-43(41)48)52(4)38-22-20-36(21-23-38)37-32-46(44-17-11-15-29-49-44)51-47(33-37)45-18-12-16-30-50-45;/h2*11-12,15-26,29-34H,5-10,13-14,27-28H2,1-4H3;. The Kier molecular flexibility index (Phi) is 25.4. The van der Waals surface area contributed by atoms with Crippen molar-refractivity contribution >= 4 is 22.7 Å². The fraction of sp³-hybridized carbons (Fsp3) is 0.312. The van der Waals surface area contributed by atoms with Gasteiger partial charge >= 0.3 is 0 Å². The van der Waals surface area contributed by atoms with E-state index in [1.54, 1.807) is 11.1 Å². The fourth-order valence-corrected chi connectivity index (χ4v) is 16.4. The molecule has 9 heteroatoms. The van der Waals surface area contributed by atoms with Crippen LogP contribution in [0.15, 0.2) is 243 Å². The first-order valence-corrected chi connectivity index (χ1v) is 38.9. The molecule has 0 spiro atoms. The monoisotopic (exact) mass is 1430 g/mol. The van der Waals surface area contributed by atoms with E-state index in [-0.39, 0.29) is 30.3 Å². The number of nitrogens with zero attached hydrogens (tertiary/aromatic N) is 8. The number of fused-ring (bicyclic) bond motifs is 6. The number of aromatic nitrogens is 6. The Labute approximate surface area is 639 Å². The van der Waals surface area contributed by atoms with E-state index in [4.69, 9.17) is 9.97 Å². The smallest absolute Gasteiger partial charge is 0.0900 e. The third kappa shape index (κ3) is 16.9. The second-order valence-corrected chi connectivity index (χ2v) is 29.3. The van der Waals surface area contributed by atoms with E-state index in [0.29, 0.717) is 0 Å². The summed E-state index contributed by atoms with van der Waals surface area (Å²) >= 11 is 0. The van der Waals surface area contributed by atoms with E-state index in [0.717, 1.165) is 79.2 Å². The van der Waals surface area contributed by atoms with Gasteiger partial charge in [-0.15, -0.1) is 0 Å². The van der Waals surface area contributed by atoms with E-state index in [9.17, 15) is 0 Å². The molecule has 0 aliphatic heterocycles. The molecule has 0 bridgehead atoms. The molecule has 0 saturated carbocycles. The minimum Gasteiger partial charge on any atom is -0.345 e. The van der Waals surface area contributed by atoms with Gasteiger partial charge in [-0.05, 0) is 228 Å². The number of hydrogen-bond acceptors (Lipinski definition) is 8. The number of rotatable bonds is 30. The van der Waals surface area contributed by atoms with Gasteiger partial charge < -0.3 is 9.80 Å². The topological polar surface area (TPSA) is 83.8 Å². The first-order chi connectivity index (χ1) is 51.0. The molecule has 8 nitrogen and oxygen atoms in total. The average Bonchev–Trinajstić information content (AvgIpc) is 1.57. The Morgan fingerprint density at radius 2 is 0.543 bits per heavy atom. The van der Waals surface area contributed by atoms with Crippen molar-refractivity contribution in [2.45, 2.75) is 181 Å². The van der Waals surface area contributed by atoms with Gasteiger partial charge in [-0.1, -0.05) is 239 Å². The van der Waals surface area contributed by atoms with E-state index >= 15 is 0 Å². The molecule has 0 amide bonds. The van der Waals surface area contributed by atoms with Crippen molar-refractivity contribution in [2.75, 3.05) is 23.9 Å². The Bertz CT molecular complexity index is 4350. The van der Waals surface area contributed by atoms with Gasteiger partial charge in [0.1, 0.15) is 0 Å². The molecular weight excluding hydrogens is 1330 g/mol. The number of unbranched alkanes of at least 4 members (excludes halogenated alkanes) is 12. The molecule has 0 atom stereocenters. The summed E-state index contributed by atoms with van der Waals surface area (Å²) < 4.78 is 0. The summed E-state index contributed by atoms with van der Waals surface area (Å²) in [6.07, 6.45) is 32.8. The molecule has 12 aromatic rings. The minimum atomic E-state index is 0. The molecule has 0 fully saturated rings. The zero-order valence-corrected chi connectivity index (χ0v) is 66.5. The van der Waals surface area contributed by atoms with Crippen LogP contribution in [-0.2, 0) is 30.3 Å². The number of anilines is 4. The van der Waals surface area contributed by atoms with E-state index < -0.39 is 0 Å². The van der Waals surface area contributed by atoms with Gasteiger partial charge in [-0.25, -0.2) is 9.97 Å². The Balaban J connectivity index is 0.000000195. The van der Waals surface area contributed by atoms with Crippen LogP contribution in [-0.4, -0.2) is 44.0 Å². The Hall–Kier alpha value is -9.56. The first-order valence-electron chi connectivity index (χ1n) is 38.9. The molecule has 530 valence electrons. The zero-order chi connectivity index (χ0) is 71.8. The van der Waals surface area contributed by atoms with Gasteiger partial charge in [0.15, 0.2) is 0 Å². The molecule has 2 aliphatic carbocycles. The van der Waals surface area contributed by atoms with Gasteiger partial charge in [0, 0.05) is 91.9 Å². The van der Waals surface area contributed by atoms with Crippen LogP contribution in [0.1, 0.15) is 189 Å². The Morgan fingerprint density at radius 3 is 0.819 bits per heavy atom. The third-order valence-corrected chi connectivity index (χ3v) is 22.1. The van der Waals surface area contributed by atoms with Crippen LogP contribution in [0.5, 0.6) is 0 Å². The van der Waals surface area contributed by atoms with Crippen LogP contribution in [0.4, 0.5) is 22.7 Å². The maximum absolute atomic E-state index is 4.97. The van der Waals surface area contributed by atoms with Crippen LogP contribution in [0.25, 0.3) is 90.1 Å². The summed E-state index contributed by atoms with van der Waals surface area (Å²) in [4.78, 5) is 33.0. The molecule has 6 heterocycles. The molecule has 2 aliphatic rings. The van der Waals surface area contributed by atoms with Crippen molar-refractivity contribution in [3.05, 3.63) is 277 Å². The predicted molar refractivity (Wildman–Crippen MR) is 438 cm³/mol. The molecular formula is C96H104N8Zn. The zero-order valence-electron chi connectivity index (χ0n) is 63.5. The maximum Gasteiger partial charge on any atom is 0.0900 e. The SMILES string of the molecule is CCCCCCC1(CCCCCC)c2cc(C)ccc2-c2ccc(N(C)c3ccc(-c4cc(-c5ccccn5)nc(-c5ccccn5)c4)cc3)cc21.CCCCCCC1(CCCCCC)c2cc(C)ccc2-c2ccc(N(C)c3ccc(-c4cc(-c5ccccn5)nc(-c5ccccn5)c4)cc3)cc21.[Zn]. The quantitative estimate of drug-likeness (QED) is 0.0325. The predicted octanol–water partition coefficient (Wildman–Crippen LogP) is 26.3.